The topological polar surface area (TPSA) is 92.7 Å². The van der Waals surface area contributed by atoms with E-state index in [2.05, 4.69) is 39.9 Å². The monoisotopic (exact) mass is 897 g/mol. The van der Waals surface area contributed by atoms with E-state index >= 15 is 0 Å². The van der Waals surface area contributed by atoms with Crippen LogP contribution < -0.4 is 40.2 Å². The number of nitrogens with one attached hydrogen (secondary N) is 2. The molecule has 0 saturated carbocycles. The van der Waals surface area contributed by atoms with Gasteiger partial charge in [-0.15, -0.1) is 12.4 Å². The van der Waals surface area contributed by atoms with Gasteiger partial charge in [-0.1, -0.05) is 144 Å². The fourth-order valence-electron chi connectivity index (χ4n) is 7.09. The minimum absolute atomic E-state index is 0. The molecule has 11 rings (SSSR count). The molecule has 0 aliphatic rings. The summed E-state index contributed by atoms with van der Waals surface area (Å²) in [7, 11) is 0. The standard InChI is InChI=1S/2C19H13ClN2.C13H8ClN.ClH.Na.H2O/c2*20-13-9-11-14(12-10-13)21-19-15-5-1-3-7-17(15)22-18-8-4-2-6-16(18)19;14-13-9-5-1-3-7-11(9)15-12-8-4-2-6-10(12)13;;;/h2*1-12H,(H,21,22);1-8H;1H;;1H2/q;;;;+1;/p-1. The van der Waals surface area contributed by atoms with E-state index in [0.717, 1.165) is 103 Å². The molecule has 3 heterocycles. The summed E-state index contributed by atoms with van der Waals surface area (Å²) in [5.41, 5.74) is 9.98. The molecule has 0 spiro atoms. The Morgan fingerprint density at radius 1 is 0.306 bits per heavy atom. The first-order valence-electron chi connectivity index (χ1n) is 19.0. The molecule has 3 aromatic heterocycles. The summed E-state index contributed by atoms with van der Waals surface area (Å²) < 4.78 is 0. The Morgan fingerprint density at radius 3 is 0.806 bits per heavy atom. The normalized spacial score (nSPS) is 10.4. The summed E-state index contributed by atoms with van der Waals surface area (Å²) in [5, 5.41) is 15.7. The summed E-state index contributed by atoms with van der Waals surface area (Å²) in [6.45, 7) is 0. The van der Waals surface area contributed by atoms with Gasteiger partial charge in [-0.2, -0.15) is 0 Å². The van der Waals surface area contributed by atoms with Crippen molar-refractivity contribution in [2.24, 2.45) is 0 Å². The molecular formula is C51H36Cl4N5NaO. The molecule has 0 bridgehead atoms. The molecule has 11 heteroatoms. The second-order valence-corrected chi connectivity index (χ2v) is 15.0. The van der Waals surface area contributed by atoms with E-state index in [1.165, 1.54) is 0 Å². The van der Waals surface area contributed by atoms with Crippen molar-refractivity contribution in [3.63, 3.8) is 0 Å². The van der Waals surface area contributed by atoms with Crippen LogP contribution in [0.5, 0.6) is 0 Å². The first-order chi connectivity index (χ1) is 29.0. The van der Waals surface area contributed by atoms with Gasteiger partial charge in [0.25, 0.3) is 0 Å². The van der Waals surface area contributed by atoms with Gasteiger partial charge in [-0.25, -0.2) is 15.0 Å². The van der Waals surface area contributed by atoms with Gasteiger partial charge < -0.3 is 16.1 Å². The molecule has 62 heavy (non-hydrogen) atoms. The zero-order chi connectivity index (χ0) is 40.1. The van der Waals surface area contributed by atoms with E-state index in [9.17, 15) is 0 Å². The predicted molar refractivity (Wildman–Crippen MR) is 261 cm³/mol. The molecule has 0 radical (unpaired) electrons. The van der Waals surface area contributed by atoms with Crippen LogP contribution in [0.2, 0.25) is 15.1 Å². The summed E-state index contributed by atoms with van der Waals surface area (Å²) in [6.07, 6.45) is 0. The Balaban J connectivity index is 0.000000154. The molecule has 300 valence electrons. The third-order valence-corrected chi connectivity index (χ3v) is 10.8. The summed E-state index contributed by atoms with van der Waals surface area (Å²) in [5.74, 6) is 0. The molecule has 0 unspecified atom stereocenters. The van der Waals surface area contributed by atoms with E-state index in [0.29, 0.717) is 0 Å². The van der Waals surface area contributed by atoms with Gasteiger partial charge in [0.05, 0.1) is 49.5 Å². The largest absolute Gasteiger partial charge is 1.00 e. The first-order valence-corrected chi connectivity index (χ1v) is 20.1. The number of anilines is 4. The van der Waals surface area contributed by atoms with Crippen LogP contribution in [0.4, 0.5) is 22.7 Å². The molecule has 0 saturated heterocycles. The number of fused-ring (bicyclic) bond motifs is 6. The summed E-state index contributed by atoms with van der Waals surface area (Å²) >= 11 is 18.3. The van der Waals surface area contributed by atoms with Gasteiger partial charge in [-0.05, 0) is 84.9 Å². The quantitative estimate of drug-likeness (QED) is 0.135. The van der Waals surface area contributed by atoms with Gasteiger partial charge in [-0.3, -0.25) is 0 Å². The Morgan fingerprint density at radius 2 is 0.532 bits per heavy atom. The van der Waals surface area contributed by atoms with Crippen LogP contribution in [0, 0.1) is 0 Å². The molecular weight excluding hydrogens is 863 g/mol. The van der Waals surface area contributed by atoms with Crippen LogP contribution in [-0.4, -0.2) is 20.4 Å². The van der Waals surface area contributed by atoms with Crippen LogP contribution in [0.15, 0.2) is 194 Å². The zero-order valence-corrected chi connectivity index (χ0v) is 38.4. The van der Waals surface area contributed by atoms with Crippen molar-refractivity contribution < 1.29 is 35.0 Å². The maximum atomic E-state index is 6.33. The molecule has 0 aliphatic heterocycles. The van der Waals surface area contributed by atoms with Crippen molar-refractivity contribution in [2.45, 2.75) is 0 Å². The van der Waals surface area contributed by atoms with Crippen LogP contribution in [0.3, 0.4) is 0 Å². The smallest absolute Gasteiger partial charge is 0.870 e. The fourth-order valence-corrected chi connectivity index (χ4v) is 7.66. The zero-order valence-electron chi connectivity index (χ0n) is 33.3. The Bertz CT molecular complexity index is 2960. The number of hydrogen-bond donors (Lipinski definition) is 2. The third kappa shape index (κ3) is 10.1. The second kappa shape index (κ2) is 21.0. The minimum atomic E-state index is 0. The molecule has 3 N–H and O–H groups in total. The van der Waals surface area contributed by atoms with Gasteiger partial charge in [0.2, 0.25) is 0 Å². The molecule has 0 fully saturated rings. The number of pyridine rings is 3. The molecule has 0 aliphatic carbocycles. The number of hydrogen-bond acceptors (Lipinski definition) is 6. The number of rotatable bonds is 4. The maximum absolute atomic E-state index is 6.33. The molecule has 11 aromatic rings. The van der Waals surface area contributed by atoms with Gasteiger partial charge >= 0.3 is 29.6 Å². The van der Waals surface area contributed by atoms with Gasteiger partial charge in [0.1, 0.15) is 0 Å². The van der Waals surface area contributed by atoms with E-state index in [4.69, 9.17) is 44.8 Å². The van der Waals surface area contributed by atoms with Gasteiger partial charge in [0.15, 0.2) is 0 Å². The Hall–Kier alpha value is -5.51. The number of benzene rings is 8. The Labute approximate surface area is 401 Å². The molecule has 8 aromatic carbocycles. The van der Waals surface area contributed by atoms with Crippen LogP contribution in [0.1, 0.15) is 0 Å². The van der Waals surface area contributed by atoms with Crippen LogP contribution in [-0.2, 0) is 0 Å². The van der Waals surface area contributed by atoms with E-state index in [1.807, 2.05) is 170 Å². The number of halogens is 4. The van der Waals surface area contributed by atoms with E-state index < -0.39 is 0 Å². The van der Waals surface area contributed by atoms with E-state index in [1.54, 1.807) is 0 Å². The molecule has 6 nitrogen and oxygen atoms in total. The third-order valence-electron chi connectivity index (χ3n) is 9.92. The van der Waals surface area contributed by atoms with Crippen molar-refractivity contribution >= 4 is 135 Å². The van der Waals surface area contributed by atoms with Crippen LogP contribution >= 0.6 is 47.2 Å². The second-order valence-electron chi connectivity index (χ2n) is 13.8. The van der Waals surface area contributed by atoms with Crippen molar-refractivity contribution in [1.82, 2.24) is 15.0 Å². The van der Waals surface area contributed by atoms with Crippen molar-refractivity contribution in [3.8, 4) is 0 Å². The summed E-state index contributed by atoms with van der Waals surface area (Å²) in [6, 6.07) is 64.0. The maximum Gasteiger partial charge on any atom is 1.00 e. The summed E-state index contributed by atoms with van der Waals surface area (Å²) in [4.78, 5) is 14.0. The minimum Gasteiger partial charge on any atom is -0.870 e. The Kier molecular flexibility index (Phi) is 15.6. The number of para-hydroxylation sites is 6. The average molecular weight is 900 g/mol. The number of aromatic nitrogens is 3. The number of nitrogens with zero attached hydrogens (tertiary/aromatic N) is 3. The SMILES string of the molecule is Cl.Clc1c2ccccc2nc2ccccc12.Clc1ccc(Nc2c3ccccc3nc3ccccc23)cc1.Clc1ccc(Nc2c3ccccc3nc3ccccc23)cc1.[Na+].[OH-]. The molecule has 0 amide bonds. The molecule has 0 atom stereocenters. The predicted octanol–water partition coefficient (Wildman–Crippen LogP) is 12.9. The van der Waals surface area contributed by atoms with Crippen molar-refractivity contribution in [1.29, 1.82) is 0 Å². The first kappa shape index (κ1) is 46.0. The van der Waals surface area contributed by atoms with Gasteiger partial charge in [0, 0.05) is 53.7 Å². The van der Waals surface area contributed by atoms with Crippen LogP contribution in [0.25, 0.3) is 65.4 Å². The average Bonchev–Trinajstić information content (AvgIpc) is 3.28. The van der Waals surface area contributed by atoms with Crippen molar-refractivity contribution in [3.05, 3.63) is 209 Å². The van der Waals surface area contributed by atoms with Crippen molar-refractivity contribution in [2.75, 3.05) is 10.6 Å². The van der Waals surface area contributed by atoms with E-state index in [-0.39, 0.29) is 47.4 Å². The fraction of sp³-hybridized carbons (Fsp3) is 0.